The van der Waals surface area contributed by atoms with Gasteiger partial charge < -0.3 is 5.11 Å². The van der Waals surface area contributed by atoms with Crippen LogP contribution in [0.15, 0.2) is 12.2 Å². The molecule has 2 rings (SSSR count). The average molecular weight is 209 g/mol. The fraction of sp³-hybridized carbons (Fsp3) is 0.750. The molecule has 84 valence electrons. The molecule has 2 fully saturated rings. The van der Waals surface area contributed by atoms with Crippen LogP contribution in [-0.4, -0.2) is 34.6 Å². The lowest BCUT2D eigenvalue weighted by atomic mass is 9.87. The molecule has 1 atom stereocenters. The van der Waals surface area contributed by atoms with Crippen molar-refractivity contribution in [3.05, 3.63) is 12.2 Å². The van der Waals surface area contributed by atoms with Crippen LogP contribution in [0, 0.1) is 0 Å². The molecule has 1 heterocycles. The van der Waals surface area contributed by atoms with Crippen LogP contribution >= 0.6 is 0 Å². The van der Waals surface area contributed by atoms with E-state index in [1.54, 1.807) is 0 Å². The smallest absolute Gasteiger partial charge is 0.332 e. The minimum atomic E-state index is -0.833. The summed E-state index contributed by atoms with van der Waals surface area (Å²) in [6, 6.07) is 0.735. The Bertz CT molecular complexity index is 269. The van der Waals surface area contributed by atoms with Crippen molar-refractivity contribution in [1.82, 2.24) is 4.90 Å². The number of nitrogens with zero attached hydrogens (tertiary/aromatic N) is 1. The summed E-state index contributed by atoms with van der Waals surface area (Å²) in [5.41, 5.74) is 0.381. The molecule has 0 radical (unpaired) electrons. The van der Waals surface area contributed by atoms with Gasteiger partial charge in [0.15, 0.2) is 0 Å². The van der Waals surface area contributed by atoms with Gasteiger partial charge in [-0.25, -0.2) is 4.79 Å². The standard InChI is InChI=1S/C12H19NO2/c1-9(12(14)15)11-7-8-13(11)10-5-3-2-4-6-10/h10-11H,1-8H2,(H,14,15). The summed E-state index contributed by atoms with van der Waals surface area (Å²) < 4.78 is 0. The van der Waals surface area contributed by atoms with Gasteiger partial charge in [0, 0.05) is 24.2 Å². The van der Waals surface area contributed by atoms with Crippen LogP contribution in [0.25, 0.3) is 0 Å². The Morgan fingerprint density at radius 2 is 1.87 bits per heavy atom. The summed E-state index contributed by atoms with van der Waals surface area (Å²) in [6.45, 7) is 4.74. The van der Waals surface area contributed by atoms with Crippen LogP contribution in [0.2, 0.25) is 0 Å². The van der Waals surface area contributed by atoms with Gasteiger partial charge in [0.2, 0.25) is 0 Å². The number of hydrogen-bond acceptors (Lipinski definition) is 2. The predicted octanol–water partition coefficient (Wildman–Crippen LogP) is 2.03. The monoisotopic (exact) mass is 209 g/mol. The Labute approximate surface area is 90.8 Å². The van der Waals surface area contributed by atoms with Crippen molar-refractivity contribution < 1.29 is 9.90 Å². The molecule has 1 aliphatic heterocycles. The zero-order valence-electron chi connectivity index (χ0n) is 9.11. The second-order valence-electron chi connectivity index (χ2n) is 4.66. The number of likely N-dealkylation sites (tertiary alicyclic amines) is 1. The highest BCUT2D eigenvalue weighted by Crippen LogP contribution is 2.32. The molecule has 0 spiro atoms. The first-order valence-corrected chi connectivity index (χ1v) is 5.88. The maximum Gasteiger partial charge on any atom is 0.332 e. The Hall–Kier alpha value is -0.830. The van der Waals surface area contributed by atoms with Gasteiger partial charge in [0.1, 0.15) is 0 Å². The maximum atomic E-state index is 10.8. The molecule has 0 bridgehead atoms. The first kappa shape index (κ1) is 10.7. The van der Waals surface area contributed by atoms with E-state index in [9.17, 15) is 4.79 Å². The number of carbonyl (C=O) groups is 1. The van der Waals surface area contributed by atoms with E-state index in [1.165, 1.54) is 32.1 Å². The third-order valence-electron chi connectivity index (χ3n) is 3.78. The van der Waals surface area contributed by atoms with Crippen molar-refractivity contribution in [3.63, 3.8) is 0 Å². The molecule has 3 heteroatoms. The minimum Gasteiger partial charge on any atom is -0.478 e. The lowest BCUT2D eigenvalue weighted by molar-refractivity contribution is -0.134. The molecule has 15 heavy (non-hydrogen) atoms. The number of aliphatic carboxylic acids is 1. The SMILES string of the molecule is C=C(C(=O)O)C1CCN1C1CCCCC1. The van der Waals surface area contributed by atoms with Crippen LogP contribution < -0.4 is 0 Å². The maximum absolute atomic E-state index is 10.8. The summed E-state index contributed by atoms with van der Waals surface area (Å²) in [6.07, 6.45) is 7.39. The Kier molecular flexibility index (Phi) is 3.10. The molecule has 0 aromatic heterocycles. The van der Waals surface area contributed by atoms with E-state index < -0.39 is 5.97 Å². The minimum absolute atomic E-state index is 0.116. The van der Waals surface area contributed by atoms with Gasteiger partial charge in [0.05, 0.1) is 0 Å². The van der Waals surface area contributed by atoms with Crippen LogP contribution in [-0.2, 0) is 4.79 Å². The largest absolute Gasteiger partial charge is 0.478 e. The number of carboxylic acid groups (broad SMARTS) is 1. The molecule has 0 aromatic rings. The second-order valence-corrected chi connectivity index (χ2v) is 4.66. The molecular weight excluding hydrogens is 190 g/mol. The Morgan fingerprint density at radius 3 is 2.33 bits per heavy atom. The van der Waals surface area contributed by atoms with Crippen molar-refractivity contribution in [3.8, 4) is 0 Å². The molecule has 1 aliphatic carbocycles. The van der Waals surface area contributed by atoms with Crippen LogP contribution in [0.3, 0.4) is 0 Å². The van der Waals surface area contributed by atoms with E-state index >= 15 is 0 Å². The van der Waals surface area contributed by atoms with Gasteiger partial charge in [-0.15, -0.1) is 0 Å². The van der Waals surface area contributed by atoms with E-state index in [4.69, 9.17) is 5.11 Å². The zero-order valence-corrected chi connectivity index (χ0v) is 9.11. The Balaban J connectivity index is 1.93. The van der Waals surface area contributed by atoms with E-state index in [-0.39, 0.29) is 6.04 Å². The van der Waals surface area contributed by atoms with Gasteiger partial charge in [-0.2, -0.15) is 0 Å². The first-order chi connectivity index (χ1) is 7.20. The molecule has 0 aromatic carbocycles. The zero-order chi connectivity index (χ0) is 10.8. The molecule has 1 saturated carbocycles. The van der Waals surface area contributed by atoms with E-state index in [0.717, 1.165) is 13.0 Å². The average Bonchev–Trinajstić information content (AvgIpc) is 2.17. The first-order valence-electron chi connectivity index (χ1n) is 5.88. The molecule has 2 aliphatic rings. The summed E-state index contributed by atoms with van der Waals surface area (Å²) in [4.78, 5) is 13.2. The summed E-state index contributed by atoms with van der Waals surface area (Å²) in [5.74, 6) is -0.833. The van der Waals surface area contributed by atoms with Gasteiger partial charge >= 0.3 is 5.97 Å². The number of hydrogen-bond donors (Lipinski definition) is 1. The third kappa shape index (κ3) is 2.07. The second kappa shape index (κ2) is 4.35. The normalized spacial score (nSPS) is 28.4. The highest BCUT2D eigenvalue weighted by molar-refractivity contribution is 5.87. The fourth-order valence-electron chi connectivity index (χ4n) is 2.77. The van der Waals surface area contributed by atoms with Gasteiger partial charge in [-0.3, -0.25) is 4.90 Å². The summed E-state index contributed by atoms with van der Waals surface area (Å²) >= 11 is 0. The molecular formula is C12H19NO2. The summed E-state index contributed by atoms with van der Waals surface area (Å²) in [5, 5.41) is 8.91. The van der Waals surface area contributed by atoms with Crippen molar-refractivity contribution in [2.75, 3.05) is 6.54 Å². The van der Waals surface area contributed by atoms with E-state index in [2.05, 4.69) is 11.5 Å². The quantitative estimate of drug-likeness (QED) is 0.723. The van der Waals surface area contributed by atoms with Crippen molar-refractivity contribution >= 4 is 5.97 Å². The van der Waals surface area contributed by atoms with Crippen LogP contribution in [0.1, 0.15) is 38.5 Å². The summed E-state index contributed by atoms with van der Waals surface area (Å²) in [7, 11) is 0. The van der Waals surface area contributed by atoms with E-state index in [1.807, 2.05) is 0 Å². The highest BCUT2D eigenvalue weighted by Gasteiger charge is 2.37. The van der Waals surface area contributed by atoms with Gasteiger partial charge in [0.25, 0.3) is 0 Å². The molecule has 3 nitrogen and oxygen atoms in total. The van der Waals surface area contributed by atoms with Crippen LogP contribution in [0.5, 0.6) is 0 Å². The number of carboxylic acids is 1. The van der Waals surface area contributed by atoms with Gasteiger partial charge in [-0.05, 0) is 19.3 Å². The molecule has 1 N–H and O–H groups in total. The van der Waals surface area contributed by atoms with E-state index in [0.29, 0.717) is 11.6 Å². The molecule has 1 saturated heterocycles. The lowest BCUT2D eigenvalue weighted by Crippen LogP contribution is -2.55. The Morgan fingerprint density at radius 1 is 1.20 bits per heavy atom. The molecule has 1 unspecified atom stereocenters. The number of rotatable bonds is 3. The van der Waals surface area contributed by atoms with Gasteiger partial charge in [-0.1, -0.05) is 25.8 Å². The fourth-order valence-corrected chi connectivity index (χ4v) is 2.77. The lowest BCUT2D eigenvalue weighted by Gasteiger charge is -2.47. The van der Waals surface area contributed by atoms with Crippen molar-refractivity contribution in [2.45, 2.75) is 50.6 Å². The third-order valence-corrected chi connectivity index (χ3v) is 3.78. The van der Waals surface area contributed by atoms with Crippen molar-refractivity contribution in [2.24, 2.45) is 0 Å². The molecule has 0 amide bonds. The topological polar surface area (TPSA) is 40.5 Å². The highest BCUT2D eigenvalue weighted by atomic mass is 16.4. The predicted molar refractivity (Wildman–Crippen MR) is 58.8 cm³/mol. The van der Waals surface area contributed by atoms with Crippen LogP contribution in [0.4, 0.5) is 0 Å². The van der Waals surface area contributed by atoms with Crippen molar-refractivity contribution in [1.29, 1.82) is 0 Å².